The fourth-order valence-corrected chi connectivity index (χ4v) is 1.47. The zero-order valence-electron chi connectivity index (χ0n) is 9.41. The van der Waals surface area contributed by atoms with Crippen LogP contribution in [0.5, 0.6) is 0 Å². The first-order valence-corrected chi connectivity index (χ1v) is 5.34. The molecule has 0 radical (unpaired) electrons. The molecule has 0 aliphatic rings. The van der Waals surface area contributed by atoms with Crippen LogP contribution in [0.2, 0.25) is 0 Å². The molecular formula is C12H11F2N3O. The van der Waals surface area contributed by atoms with Crippen molar-refractivity contribution in [2.45, 2.75) is 13.0 Å². The van der Waals surface area contributed by atoms with Gasteiger partial charge in [-0.2, -0.15) is 0 Å². The monoisotopic (exact) mass is 251 g/mol. The largest absolute Gasteiger partial charge is 0.349 e. The van der Waals surface area contributed by atoms with Crippen molar-refractivity contribution in [3.8, 4) is 0 Å². The molecule has 0 spiro atoms. The molecule has 2 rings (SSSR count). The number of rotatable bonds is 4. The van der Waals surface area contributed by atoms with Gasteiger partial charge in [0, 0.05) is 12.4 Å². The highest BCUT2D eigenvalue weighted by Crippen LogP contribution is 2.09. The molecule has 2 aromatic rings. The van der Waals surface area contributed by atoms with E-state index in [1.165, 1.54) is 6.07 Å². The Morgan fingerprint density at radius 2 is 2.17 bits per heavy atom. The number of carbonyl (C=O) groups is 1. The lowest BCUT2D eigenvalue weighted by atomic mass is 10.1. The summed E-state index contributed by atoms with van der Waals surface area (Å²) in [5.74, 6) is -1.52. The van der Waals surface area contributed by atoms with Crippen LogP contribution in [-0.2, 0) is 17.8 Å². The zero-order chi connectivity index (χ0) is 13.0. The number of benzene rings is 1. The number of carbonyl (C=O) groups excluding carboxylic acids is 1. The summed E-state index contributed by atoms with van der Waals surface area (Å²) in [6.45, 7) is 0.273. The summed E-state index contributed by atoms with van der Waals surface area (Å²) >= 11 is 0. The average molecular weight is 251 g/mol. The van der Waals surface area contributed by atoms with Gasteiger partial charge in [-0.15, -0.1) is 0 Å². The molecule has 1 aromatic heterocycles. The van der Waals surface area contributed by atoms with Crippen LogP contribution in [0.1, 0.15) is 11.4 Å². The highest BCUT2D eigenvalue weighted by Gasteiger charge is 2.07. The van der Waals surface area contributed by atoms with E-state index in [4.69, 9.17) is 0 Å². The standard InChI is InChI=1S/C12H11F2N3O/c13-9-2-1-8(5-10(9)14)6-12(18)17-7-11-15-3-4-16-11/h1-5H,6-7H2,(H,15,16)(H,17,18). The smallest absolute Gasteiger partial charge is 0.224 e. The van der Waals surface area contributed by atoms with E-state index in [-0.39, 0.29) is 18.9 Å². The van der Waals surface area contributed by atoms with Crippen LogP contribution >= 0.6 is 0 Å². The maximum atomic E-state index is 12.9. The number of halogens is 2. The van der Waals surface area contributed by atoms with Crippen molar-refractivity contribution >= 4 is 5.91 Å². The highest BCUT2D eigenvalue weighted by atomic mass is 19.2. The third-order valence-electron chi connectivity index (χ3n) is 2.36. The van der Waals surface area contributed by atoms with Gasteiger partial charge in [0.1, 0.15) is 5.82 Å². The van der Waals surface area contributed by atoms with Crippen molar-refractivity contribution in [2.75, 3.05) is 0 Å². The molecule has 2 N–H and O–H groups in total. The summed E-state index contributed by atoms with van der Waals surface area (Å²) in [6.07, 6.45) is 3.23. The van der Waals surface area contributed by atoms with Gasteiger partial charge < -0.3 is 10.3 Å². The van der Waals surface area contributed by atoms with Gasteiger partial charge in [0.05, 0.1) is 13.0 Å². The Kier molecular flexibility index (Phi) is 3.66. The van der Waals surface area contributed by atoms with Crippen molar-refractivity contribution in [1.29, 1.82) is 0 Å². The van der Waals surface area contributed by atoms with Gasteiger partial charge in [-0.05, 0) is 17.7 Å². The summed E-state index contributed by atoms with van der Waals surface area (Å²) in [7, 11) is 0. The van der Waals surface area contributed by atoms with Crippen molar-refractivity contribution in [1.82, 2.24) is 15.3 Å². The lowest BCUT2D eigenvalue weighted by molar-refractivity contribution is -0.120. The molecule has 0 saturated carbocycles. The minimum absolute atomic E-state index is 0.00207. The van der Waals surface area contributed by atoms with Crippen LogP contribution < -0.4 is 5.32 Å². The molecule has 0 aliphatic carbocycles. The maximum Gasteiger partial charge on any atom is 0.224 e. The summed E-state index contributed by atoms with van der Waals surface area (Å²) in [6, 6.07) is 3.40. The van der Waals surface area contributed by atoms with Crippen molar-refractivity contribution in [3.05, 3.63) is 53.6 Å². The van der Waals surface area contributed by atoms with Gasteiger partial charge in [-0.3, -0.25) is 4.79 Å². The molecule has 0 unspecified atom stereocenters. The fraction of sp³-hybridized carbons (Fsp3) is 0.167. The third kappa shape index (κ3) is 3.13. The van der Waals surface area contributed by atoms with Crippen LogP contribution in [0.15, 0.2) is 30.6 Å². The second kappa shape index (κ2) is 5.39. The Balaban J connectivity index is 1.88. The molecule has 94 valence electrons. The first-order chi connectivity index (χ1) is 8.65. The molecule has 1 heterocycles. The van der Waals surface area contributed by atoms with Crippen LogP contribution in [0.4, 0.5) is 8.78 Å². The molecular weight excluding hydrogens is 240 g/mol. The number of hydrogen-bond donors (Lipinski definition) is 2. The Morgan fingerprint density at radius 1 is 1.33 bits per heavy atom. The molecule has 4 nitrogen and oxygen atoms in total. The molecule has 6 heteroatoms. The third-order valence-corrected chi connectivity index (χ3v) is 2.36. The molecule has 0 atom stereocenters. The maximum absolute atomic E-state index is 12.9. The molecule has 1 aromatic carbocycles. The average Bonchev–Trinajstić information content (AvgIpc) is 2.84. The second-order valence-electron chi connectivity index (χ2n) is 3.74. The Bertz CT molecular complexity index is 540. The second-order valence-corrected chi connectivity index (χ2v) is 3.74. The minimum Gasteiger partial charge on any atom is -0.349 e. The number of imidazole rings is 1. The molecule has 0 bridgehead atoms. The van der Waals surface area contributed by atoms with Crippen molar-refractivity contribution in [3.63, 3.8) is 0 Å². The van der Waals surface area contributed by atoms with Crippen molar-refractivity contribution in [2.24, 2.45) is 0 Å². The summed E-state index contributed by atoms with van der Waals surface area (Å²) < 4.78 is 25.6. The van der Waals surface area contributed by atoms with Crippen molar-refractivity contribution < 1.29 is 13.6 Å². The number of aromatic nitrogens is 2. The van der Waals surface area contributed by atoms with Gasteiger partial charge in [0.15, 0.2) is 11.6 Å². The van der Waals surface area contributed by atoms with E-state index in [1.54, 1.807) is 12.4 Å². The van der Waals surface area contributed by atoms with Crippen LogP contribution in [0, 0.1) is 11.6 Å². The van der Waals surface area contributed by atoms with E-state index in [0.717, 1.165) is 12.1 Å². The zero-order valence-corrected chi connectivity index (χ0v) is 9.41. The SMILES string of the molecule is O=C(Cc1ccc(F)c(F)c1)NCc1ncc[nH]1. The van der Waals surface area contributed by atoms with Gasteiger partial charge in [0.25, 0.3) is 0 Å². The fourth-order valence-electron chi connectivity index (χ4n) is 1.47. The first kappa shape index (κ1) is 12.2. The molecule has 18 heavy (non-hydrogen) atoms. The minimum atomic E-state index is -0.952. The van der Waals surface area contributed by atoms with Crippen LogP contribution in [0.3, 0.4) is 0 Å². The normalized spacial score (nSPS) is 10.3. The summed E-state index contributed by atoms with van der Waals surface area (Å²) in [5, 5.41) is 2.62. The summed E-state index contributed by atoms with van der Waals surface area (Å²) in [5.41, 5.74) is 0.422. The molecule has 0 saturated heterocycles. The number of hydrogen-bond acceptors (Lipinski definition) is 2. The quantitative estimate of drug-likeness (QED) is 0.866. The van der Waals surface area contributed by atoms with Crippen LogP contribution in [-0.4, -0.2) is 15.9 Å². The highest BCUT2D eigenvalue weighted by molar-refractivity contribution is 5.78. The van der Waals surface area contributed by atoms with Gasteiger partial charge in [0.2, 0.25) is 5.91 Å². The van der Waals surface area contributed by atoms with Crippen LogP contribution in [0.25, 0.3) is 0 Å². The van der Waals surface area contributed by atoms with Gasteiger partial charge in [-0.1, -0.05) is 6.07 Å². The Labute approximate surface area is 102 Å². The topological polar surface area (TPSA) is 57.8 Å². The lowest BCUT2D eigenvalue weighted by Crippen LogP contribution is -2.25. The Hall–Kier alpha value is -2.24. The van der Waals surface area contributed by atoms with E-state index in [0.29, 0.717) is 11.4 Å². The molecule has 1 amide bonds. The van der Waals surface area contributed by atoms with E-state index in [2.05, 4.69) is 15.3 Å². The molecule has 0 aliphatic heterocycles. The predicted octanol–water partition coefficient (Wildman–Crippen LogP) is 1.55. The van der Waals surface area contributed by atoms with Gasteiger partial charge in [-0.25, -0.2) is 13.8 Å². The number of nitrogens with zero attached hydrogens (tertiary/aromatic N) is 1. The predicted molar refractivity (Wildman–Crippen MR) is 60.5 cm³/mol. The molecule has 0 fully saturated rings. The number of amides is 1. The number of nitrogens with one attached hydrogen (secondary N) is 2. The van der Waals surface area contributed by atoms with Gasteiger partial charge >= 0.3 is 0 Å². The van der Waals surface area contributed by atoms with E-state index in [9.17, 15) is 13.6 Å². The van der Waals surface area contributed by atoms with E-state index >= 15 is 0 Å². The van der Waals surface area contributed by atoms with E-state index in [1.807, 2.05) is 0 Å². The Morgan fingerprint density at radius 3 is 2.83 bits per heavy atom. The lowest BCUT2D eigenvalue weighted by Gasteiger charge is -2.04. The first-order valence-electron chi connectivity index (χ1n) is 5.34. The summed E-state index contributed by atoms with van der Waals surface area (Å²) in [4.78, 5) is 18.3. The van der Waals surface area contributed by atoms with E-state index < -0.39 is 11.6 Å². The number of aromatic amines is 1. The number of H-pyrrole nitrogens is 1.